The van der Waals surface area contributed by atoms with Crippen LogP contribution in [0, 0.1) is 11.7 Å². The Morgan fingerprint density at radius 2 is 1.83 bits per heavy atom. The Morgan fingerprint density at radius 1 is 1.17 bits per heavy atom. The van der Waals surface area contributed by atoms with E-state index in [0.29, 0.717) is 11.7 Å². The Hall–Kier alpha value is -0.550. The second kappa shape index (κ2) is 11.1. The van der Waals surface area contributed by atoms with Crippen LogP contribution in [0.15, 0.2) is 18.2 Å². The predicted octanol–water partition coefficient (Wildman–Crippen LogP) is 4.06. The smallest absolute Gasteiger partial charge is 0.169 e. The van der Waals surface area contributed by atoms with E-state index in [-0.39, 0.29) is 36.7 Å². The van der Waals surface area contributed by atoms with Crippen molar-refractivity contribution in [2.75, 3.05) is 33.3 Å². The molecule has 0 aromatic heterocycles. The number of hydrogen-bond donors (Lipinski definition) is 1. The molecule has 0 radical (unpaired) electrons. The second-order valence-electron chi connectivity index (χ2n) is 6.14. The van der Waals surface area contributed by atoms with Gasteiger partial charge >= 0.3 is 0 Å². The third-order valence-electron chi connectivity index (χ3n) is 4.18. The third-order valence-corrected chi connectivity index (χ3v) is 4.18. The largest absolute Gasteiger partial charge is 0.494 e. The first-order valence-electron chi connectivity index (χ1n) is 7.90. The average molecular weight is 367 g/mol. The van der Waals surface area contributed by atoms with E-state index in [4.69, 9.17) is 4.74 Å². The monoisotopic (exact) mass is 366 g/mol. The number of halogens is 3. The highest BCUT2D eigenvalue weighted by atomic mass is 35.5. The molecular formula is C17H29Cl2FN2O. The standard InChI is InChI=1S/C17H27FN2O.2ClH/c1-13(2)7-8-15(20-11-9-19-10-12-20)14-5-4-6-16(21-3)17(14)18;;/h4-6,13,15,19H,7-12H2,1-3H3;2*1H/t15-;;/m0../s1. The first-order chi connectivity index (χ1) is 10.1. The molecule has 0 aliphatic carbocycles. The van der Waals surface area contributed by atoms with Crippen molar-refractivity contribution < 1.29 is 9.13 Å². The molecule has 1 saturated heterocycles. The van der Waals surface area contributed by atoms with Crippen molar-refractivity contribution >= 4 is 24.8 Å². The van der Waals surface area contributed by atoms with Crippen molar-refractivity contribution in [2.24, 2.45) is 5.92 Å². The summed E-state index contributed by atoms with van der Waals surface area (Å²) in [5.74, 6) is 0.772. The van der Waals surface area contributed by atoms with Crippen LogP contribution in [0.1, 0.15) is 38.3 Å². The van der Waals surface area contributed by atoms with E-state index < -0.39 is 0 Å². The first-order valence-corrected chi connectivity index (χ1v) is 7.90. The summed E-state index contributed by atoms with van der Waals surface area (Å²) < 4.78 is 19.8. The Balaban J connectivity index is 0.00000242. The number of methoxy groups -OCH3 is 1. The van der Waals surface area contributed by atoms with Gasteiger partial charge in [0.1, 0.15) is 0 Å². The lowest BCUT2D eigenvalue weighted by atomic mass is 9.95. The lowest BCUT2D eigenvalue weighted by molar-refractivity contribution is 0.156. The molecule has 1 heterocycles. The summed E-state index contributed by atoms with van der Waals surface area (Å²) in [5.41, 5.74) is 0.775. The van der Waals surface area contributed by atoms with Crippen molar-refractivity contribution in [3.8, 4) is 5.75 Å². The molecule has 0 saturated carbocycles. The molecular weight excluding hydrogens is 338 g/mol. The van der Waals surface area contributed by atoms with Gasteiger partial charge in [0.15, 0.2) is 11.6 Å². The van der Waals surface area contributed by atoms with Gasteiger partial charge in [-0.25, -0.2) is 4.39 Å². The fraction of sp³-hybridized carbons (Fsp3) is 0.647. The molecule has 3 nitrogen and oxygen atoms in total. The van der Waals surface area contributed by atoms with Crippen molar-refractivity contribution in [1.29, 1.82) is 0 Å². The van der Waals surface area contributed by atoms with Gasteiger partial charge in [0, 0.05) is 37.8 Å². The van der Waals surface area contributed by atoms with Crippen molar-refractivity contribution in [3.05, 3.63) is 29.6 Å². The van der Waals surface area contributed by atoms with Crippen molar-refractivity contribution in [3.63, 3.8) is 0 Å². The van der Waals surface area contributed by atoms with E-state index in [1.807, 2.05) is 12.1 Å². The van der Waals surface area contributed by atoms with E-state index in [1.165, 1.54) is 7.11 Å². The molecule has 0 amide bonds. The Kier molecular flexibility index (Phi) is 10.8. The Labute approximate surface area is 151 Å². The van der Waals surface area contributed by atoms with Crippen LogP contribution in [-0.4, -0.2) is 38.2 Å². The maximum Gasteiger partial charge on any atom is 0.169 e. The average Bonchev–Trinajstić information content (AvgIpc) is 2.50. The molecule has 1 aliphatic heterocycles. The topological polar surface area (TPSA) is 24.5 Å². The fourth-order valence-corrected chi connectivity index (χ4v) is 2.96. The molecule has 1 N–H and O–H groups in total. The van der Waals surface area contributed by atoms with Gasteiger partial charge in [-0.15, -0.1) is 24.8 Å². The Morgan fingerprint density at radius 3 is 2.39 bits per heavy atom. The summed E-state index contributed by atoms with van der Waals surface area (Å²) in [7, 11) is 1.52. The highest BCUT2D eigenvalue weighted by Gasteiger charge is 2.25. The van der Waals surface area contributed by atoms with Gasteiger partial charge in [-0.2, -0.15) is 0 Å². The Bertz CT molecular complexity index is 454. The van der Waals surface area contributed by atoms with Gasteiger partial charge in [0.05, 0.1) is 7.11 Å². The lowest BCUT2D eigenvalue weighted by Crippen LogP contribution is -2.45. The number of ether oxygens (including phenoxy) is 1. The molecule has 1 aliphatic rings. The number of rotatable bonds is 6. The third kappa shape index (κ3) is 6.11. The maximum absolute atomic E-state index is 14.6. The lowest BCUT2D eigenvalue weighted by Gasteiger charge is -2.36. The second-order valence-corrected chi connectivity index (χ2v) is 6.14. The highest BCUT2D eigenvalue weighted by Crippen LogP contribution is 2.32. The molecule has 0 spiro atoms. The molecule has 1 atom stereocenters. The molecule has 1 aromatic carbocycles. The summed E-state index contributed by atoms with van der Waals surface area (Å²) in [6.45, 7) is 8.33. The van der Waals surface area contributed by atoms with Crippen LogP contribution in [0.5, 0.6) is 5.75 Å². The van der Waals surface area contributed by atoms with Gasteiger partial charge in [0.2, 0.25) is 0 Å². The summed E-state index contributed by atoms with van der Waals surface area (Å²) >= 11 is 0. The van der Waals surface area contributed by atoms with Gasteiger partial charge in [-0.05, 0) is 24.8 Å². The number of nitrogens with one attached hydrogen (secondary N) is 1. The van der Waals surface area contributed by atoms with Crippen molar-refractivity contribution in [2.45, 2.75) is 32.7 Å². The number of nitrogens with zero attached hydrogens (tertiary/aromatic N) is 1. The minimum Gasteiger partial charge on any atom is -0.494 e. The van der Waals surface area contributed by atoms with Gasteiger partial charge in [-0.3, -0.25) is 4.90 Å². The van der Waals surface area contributed by atoms with Crippen LogP contribution >= 0.6 is 24.8 Å². The van der Waals surface area contributed by atoms with Crippen LogP contribution in [0.3, 0.4) is 0 Å². The molecule has 0 unspecified atom stereocenters. The zero-order valence-electron chi connectivity index (χ0n) is 14.2. The maximum atomic E-state index is 14.6. The van der Waals surface area contributed by atoms with Crippen LogP contribution in [-0.2, 0) is 0 Å². The molecule has 23 heavy (non-hydrogen) atoms. The number of piperazine rings is 1. The van der Waals surface area contributed by atoms with Gasteiger partial charge in [0.25, 0.3) is 0 Å². The summed E-state index contributed by atoms with van der Waals surface area (Å²) in [6.07, 6.45) is 2.09. The quantitative estimate of drug-likeness (QED) is 0.821. The molecule has 134 valence electrons. The van der Waals surface area contributed by atoms with Crippen LogP contribution in [0.25, 0.3) is 0 Å². The van der Waals surface area contributed by atoms with Gasteiger partial charge in [-0.1, -0.05) is 26.0 Å². The zero-order valence-corrected chi connectivity index (χ0v) is 15.8. The molecule has 1 aromatic rings. The van der Waals surface area contributed by atoms with E-state index in [2.05, 4.69) is 24.1 Å². The van der Waals surface area contributed by atoms with E-state index >= 15 is 0 Å². The number of hydrogen-bond acceptors (Lipinski definition) is 3. The van der Waals surface area contributed by atoms with E-state index in [0.717, 1.165) is 44.6 Å². The van der Waals surface area contributed by atoms with E-state index in [9.17, 15) is 4.39 Å². The SMILES string of the molecule is COc1cccc([C@H](CCC(C)C)N2CCNCC2)c1F.Cl.Cl. The van der Waals surface area contributed by atoms with Crippen LogP contribution in [0.4, 0.5) is 4.39 Å². The van der Waals surface area contributed by atoms with E-state index in [1.54, 1.807) is 6.07 Å². The fourth-order valence-electron chi connectivity index (χ4n) is 2.96. The van der Waals surface area contributed by atoms with Gasteiger partial charge < -0.3 is 10.1 Å². The summed E-state index contributed by atoms with van der Waals surface area (Å²) in [6, 6.07) is 5.63. The predicted molar refractivity (Wildman–Crippen MR) is 98.7 cm³/mol. The minimum atomic E-state index is -0.202. The molecule has 2 rings (SSSR count). The molecule has 0 bridgehead atoms. The van der Waals surface area contributed by atoms with Crippen LogP contribution < -0.4 is 10.1 Å². The first kappa shape index (κ1) is 22.4. The highest BCUT2D eigenvalue weighted by molar-refractivity contribution is 5.85. The zero-order chi connectivity index (χ0) is 15.2. The molecule has 1 fully saturated rings. The normalized spacial score (nSPS) is 16.4. The molecule has 6 heteroatoms. The van der Waals surface area contributed by atoms with Crippen LogP contribution in [0.2, 0.25) is 0 Å². The minimum absolute atomic E-state index is 0. The summed E-state index contributed by atoms with van der Waals surface area (Å²) in [4.78, 5) is 2.40. The summed E-state index contributed by atoms with van der Waals surface area (Å²) in [5, 5.41) is 3.36. The van der Waals surface area contributed by atoms with Crippen molar-refractivity contribution in [1.82, 2.24) is 10.2 Å². The number of benzene rings is 1.